The van der Waals surface area contributed by atoms with Crippen LogP contribution in [0.25, 0.3) is 5.69 Å². The average molecular weight is 497 g/mol. The van der Waals surface area contributed by atoms with Crippen LogP contribution in [0.3, 0.4) is 0 Å². The van der Waals surface area contributed by atoms with E-state index >= 15 is 0 Å². The molecule has 3 heterocycles. The van der Waals surface area contributed by atoms with E-state index < -0.39 is 0 Å². The summed E-state index contributed by atoms with van der Waals surface area (Å²) < 4.78 is 7.19. The first-order chi connectivity index (χ1) is 17.5. The van der Waals surface area contributed by atoms with E-state index in [9.17, 15) is 4.79 Å². The Morgan fingerprint density at radius 1 is 1.03 bits per heavy atom. The molecule has 0 bridgehead atoms. The van der Waals surface area contributed by atoms with Gasteiger partial charge in [0.15, 0.2) is 5.11 Å². The SMILES string of the molecule is COC(=O)c1ccccc1-n1c(C)cc(C2C(c3ccccn3)NC(=S)N2Cc2ccccc2)c1C. The summed E-state index contributed by atoms with van der Waals surface area (Å²) >= 11 is 5.86. The number of rotatable bonds is 6. The van der Waals surface area contributed by atoms with Crippen LogP contribution in [0.15, 0.2) is 85.1 Å². The molecule has 0 amide bonds. The van der Waals surface area contributed by atoms with Gasteiger partial charge in [-0.25, -0.2) is 4.79 Å². The third kappa shape index (κ3) is 4.27. The van der Waals surface area contributed by atoms with Crippen LogP contribution in [-0.2, 0) is 11.3 Å². The van der Waals surface area contributed by atoms with Crippen molar-refractivity contribution in [2.75, 3.05) is 7.11 Å². The summed E-state index contributed by atoms with van der Waals surface area (Å²) in [7, 11) is 1.41. The zero-order valence-electron chi connectivity index (χ0n) is 20.5. The lowest BCUT2D eigenvalue weighted by molar-refractivity contribution is 0.0600. The van der Waals surface area contributed by atoms with Crippen molar-refractivity contribution in [1.82, 2.24) is 19.8 Å². The van der Waals surface area contributed by atoms with Crippen molar-refractivity contribution in [2.45, 2.75) is 32.5 Å². The number of nitrogens with zero attached hydrogens (tertiary/aromatic N) is 3. The molecule has 2 unspecified atom stereocenters. The summed E-state index contributed by atoms with van der Waals surface area (Å²) in [5.41, 5.74) is 6.62. The molecule has 0 aliphatic carbocycles. The first kappa shape index (κ1) is 23.8. The van der Waals surface area contributed by atoms with E-state index in [0.29, 0.717) is 17.2 Å². The number of carbonyl (C=O) groups is 1. The summed E-state index contributed by atoms with van der Waals surface area (Å²) in [5.74, 6) is -0.361. The Balaban J connectivity index is 1.64. The van der Waals surface area contributed by atoms with Gasteiger partial charge in [0, 0.05) is 24.1 Å². The van der Waals surface area contributed by atoms with Crippen LogP contribution >= 0.6 is 12.2 Å². The van der Waals surface area contributed by atoms with E-state index in [2.05, 4.69) is 51.8 Å². The van der Waals surface area contributed by atoms with Crippen LogP contribution < -0.4 is 5.32 Å². The van der Waals surface area contributed by atoms with Crippen LogP contribution in [0.5, 0.6) is 0 Å². The number of pyridine rings is 1. The molecule has 36 heavy (non-hydrogen) atoms. The molecule has 1 aliphatic heterocycles. The van der Waals surface area contributed by atoms with E-state index in [1.807, 2.05) is 60.8 Å². The van der Waals surface area contributed by atoms with Crippen molar-refractivity contribution in [2.24, 2.45) is 0 Å². The van der Waals surface area contributed by atoms with Gasteiger partial charge in [0.1, 0.15) is 0 Å². The van der Waals surface area contributed by atoms with Crippen molar-refractivity contribution < 1.29 is 9.53 Å². The Morgan fingerprint density at radius 2 is 1.75 bits per heavy atom. The van der Waals surface area contributed by atoms with Gasteiger partial charge in [0.25, 0.3) is 0 Å². The van der Waals surface area contributed by atoms with E-state index in [1.54, 1.807) is 6.07 Å². The second kappa shape index (κ2) is 9.95. The predicted octanol–water partition coefficient (Wildman–Crippen LogP) is 5.45. The first-order valence-corrected chi connectivity index (χ1v) is 12.3. The molecule has 4 aromatic rings. The fraction of sp³-hybridized carbons (Fsp3) is 0.207. The minimum Gasteiger partial charge on any atom is -0.465 e. The molecule has 6 nitrogen and oxygen atoms in total. The van der Waals surface area contributed by atoms with Gasteiger partial charge in [0.2, 0.25) is 0 Å². The zero-order valence-corrected chi connectivity index (χ0v) is 21.3. The maximum Gasteiger partial charge on any atom is 0.339 e. The predicted molar refractivity (Wildman–Crippen MR) is 144 cm³/mol. The Morgan fingerprint density at radius 3 is 2.47 bits per heavy atom. The quantitative estimate of drug-likeness (QED) is 0.283. The van der Waals surface area contributed by atoms with Crippen molar-refractivity contribution in [3.05, 3.63) is 119 Å². The van der Waals surface area contributed by atoms with Gasteiger partial charge in [-0.05, 0) is 67.5 Å². The molecule has 1 fully saturated rings. The molecule has 2 atom stereocenters. The maximum absolute atomic E-state index is 12.5. The summed E-state index contributed by atoms with van der Waals surface area (Å²) in [4.78, 5) is 19.4. The lowest BCUT2D eigenvalue weighted by Crippen LogP contribution is -2.29. The number of nitrogens with one attached hydrogen (secondary N) is 1. The first-order valence-electron chi connectivity index (χ1n) is 11.9. The number of thiocarbonyl (C=S) groups is 1. The van der Waals surface area contributed by atoms with Gasteiger partial charge in [0.05, 0.1) is 36.1 Å². The van der Waals surface area contributed by atoms with Crippen molar-refractivity contribution >= 4 is 23.3 Å². The summed E-state index contributed by atoms with van der Waals surface area (Å²) in [6, 6.07) is 25.8. The highest BCUT2D eigenvalue weighted by atomic mass is 32.1. The number of carbonyl (C=O) groups excluding carboxylic acids is 1. The van der Waals surface area contributed by atoms with Crippen LogP contribution in [0.4, 0.5) is 0 Å². The fourth-order valence-electron chi connectivity index (χ4n) is 5.10. The number of ether oxygens (including phenoxy) is 1. The molecule has 5 rings (SSSR count). The highest BCUT2D eigenvalue weighted by molar-refractivity contribution is 7.80. The van der Waals surface area contributed by atoms with Gasteiger partial charge in [-0.2, -0.15) is 0 Å². The Kier molecular flexibility index (Phi) is 6.57. The van der Waals surface area contributed by atoms with Gasteiger partial charge < -0.3 is 19.5 Å². The third-order valence-corrected chi connectivity index (χ3v) is 7.09. The highest BCUT2D eigenvalue weighted by Gasteiger charge is 2.41. The molecule has 0 spiro atoms. The molecule has 0 radical (unpaired) electrons. The topological polar surface area (TPSA) is 59.4 Å². The standard InChI is InChI=1S/C29H28N4O2S/c1-19-17-23(20(2)33(19)25-15-8-7-13-22(25)28(34)35-3)27-26(24-14-9-10-16-30-24)31-29(36)32(27)18-21-11-5-4-6-12-21/h4-17,26-27H,18H2,1-3H3,(H,31,36). The molecule has 182 valence electrons. The zero-order chi connectivity index (χ0) is 25.2. The van der Waals surface area contributed by atoms with E-state index in [0.717, 1.165) is 28.3 Å². The number of hydrogen-bond donors (Lipinski definition) is 1. The second-order valence-corrected chi connectivity index (χ2v) is 9.30. The van der Waals surface area contributed by atoms with Crippen molar-refractivity contribution in [1.29, 1.82) is 0 Å². The number of esters is 1. The summed E-state index contributed by atoms with van der Waals surface area (Å²) in [6.45, 7) is 4.82. The number of aryl methyl sites for hydroxylation is 1. The molecule has 1 aliphatic rings. The van der Waals surface area contributed by atoms with Gasteiger partial charge >= 0.3 is 5.97 Å². The Bertz CT molecular complexity index is 1400. The maximum atomic E-state index is 12.5. The van der Waals surface area contributed by atoms with Crippen LogP contribution in [-0.4, -0.2) is 32.6 Å². The average Bonchev–Trinajstić information content (AvgIpc) is 3.39. The minimum atomic E-state index is -0.361. The monoisotopic (exact) mass is 496 g/mol. The molecular weight excluding hydrogens is 468 g/mol. The molecule has 2 aromatic heterocycles. The molecule has 1 saturated heterocycles. The van der Waals surface area contributed by atoms with Gasteiger partial charge in [-0.1, -0.05) is 48.5 Å². The van der Waals surface area contributed by atoms with Crippen LogP contribution in [0.2, 0.25) is 0 Å². The third-order valence-electron chi connectivity index (χ3n) is 6.73. The largest absolute Gasteiger partial charge is 0.465 e. The number of benzene rings is 2. The van der Waals surface area contributed by atoms with Crippen LogP contribution in [0.1, 0.15) is 50.7 Å². The molecule has 0 saturated carbocycles. The normalized spacial score (nSPS) is 17.2. The van der Waals surface area contributed by atoms with Crippen molar-refractivity contribution in [3.8, 4) is 5.69 Å². The Labute approximate surface area is 216 Å². The van der Waals surface area contributed by atoms with Gasteiger partial charge in [-0.15, -0.1) is 0 Å². The number of methoxy groups -OCH3 is 1. The summed E-state index contributed by atoms with van der Waals surface area (Å²) in [6.07, 6.45) is 1.81. The molecule has 1 N–H and O–H groups in total. The second-order valence-electron chi connectivity index (χ2n) is 8.91. The van der Waals surface area contributed by atoms with E-state index in [4.69, 9.17) is 17.0 Å². The van der Waals surface area contributed by atoms with Gasteiger partial charge in [-0.3, -0.25) is 4.98 Å². The number of hydrogen-bond acceptors (Lipinski definition) is 4. The van der Waals surface area contributed by atoms with Crippen LogP contribution in [0, 0.1) is 13.8 Å². The number of para-hydroxylation sites is 1. The fourth-order valence-corrected chi connectivity index (χ4v) is 5.41. The minimum absolute atomic E-state index is 0.0853. The smallest absolute Gasteiger partial charge is 0.339 e. The lowest BCUT2D eigenvalue weighted by atomic mass is 9.96. The van der Waals surface area contributed by atoms with E-state index in [1.165, 1.54) is 12.7 Å². The van der Waals surface area contributed by atoms with E-state index in [-0.39, 0.29) is 18.1 Å². The number of aromatic nitrogens is 2. The summed E-state index contributed by atoms with van der Waals surface area (Å²) in [5, 5.41) is 4.23. The molecular formula is C29H28N4O2S. The Hall–Kier alpha value is -3.97. The lowest BCUT2D eigenvalue weighted by Gasteiger charge is -2.28. The van der Waals surface area contributed by atoms with Crippen molar-refractivity contribution in [3.63, 3.8) is 0 Å². The highest BCUT2D eigenvalue weighted by Crippen LogP contribution is 2.42. The molecule has 7 heteroatoms. The molecule has 2 aromatic carbocycles.